The first kappa shape index (κ1) is 20.7. The molecule has 0 unspecified atom stereocenters. The third kappa shape index (κ3) is 3.78. The van der Waals surface area contributed by atoms with Crippen LogP contribution in [0.5, 0.6) is 11.5 Å². The fourth-order valence-corrected chi connectivity index (χ4v) is 4.48. The first-order chi connectivity index (χ1) is 15.5. The molecule has 0 spiro atoms. The molecule has 0 amide bonds. The molecule has 0 saturated heterocycles. The number of hydrazone groups is 1. The highest BCUT2D eigenvalue weighted by Gasteiger charge is 2.41. The molecular weight excluding hydrogens is 422 g/mol. The molecule has 0 aromatic heterocycles. The summed E-state index contributed by atoms with van der Waals surface area (Å²) in [6.45, 7) is 2.64. The van der Waals surface area contributed by atoms with Gasteiger partial charge in [-0.25, -0.2) is 5.01 Å². The van der Waals surface area contributed by atoms with Crippen molar-refractivity contribution in [2.75, 3.05) is 25.6 Å². The zero-order valence-corrected chi connectivity index (χ0v) is 19.2. The molecule has 2 heterocycles. The molecule has 3 aromatic carbocycles. The summed E-state index contributed by atoms with van der Waals surface area (Å²) in [5.74, 6) is 1.73. The van der Waals surface area contributed by atoms with Crippen LogP contribution in [0.1, 0.15) is 42.3 Å². The lowest BCUT2D eigenvalue weighted by molar-refractivity contribution is -0.0190. The van der Waals surface area contributed by atoms with Gasteiger partial charge in [0.2, 0.25) is 6.23 Å². The Morgan fingerprint density at radius 2 is 1.81 bits per heavy atom. The molecule has 3 aromatic rings. The largest absolute Gasteiger partial charge is 0.494 e. The number of anilines is 1. The zero-order valence-electron chi connectivity index (χ0n) is 18.5. The third-order valence-corrected chi connectivity index (χ3v) is 6.18. The second kappa shape index (κ2) is 8.40. The van der Waals surface area contributed by atoms with Crippen molar-refractivity contribution in [2.45, 2.75) is 25.6 Å². The second-order valence-electron chi connectivity index (χ2n) is 8.24. The Morgan fingerprint density at radius 1 is 1.06 bits per heavy atom. The molecule has 0 bridgehead atoms. The second-order valence-corrected chi connectivity index (χ2v) is 8.68. The van der Waals surface area contributed by atoms with Gasteiger partial charge in [-0.15, -0.1) is 0 Å². The molecule has 0 aliphatic carbocycles. The molecule has 2 atom stereocenters. The predicted octanol–water partition coefficient (Wildman–Crippen LogP) is 6.05. The summed E-state index contributed by atoms with van der Waals surface area (Å²) in [6.07, 6.45) is 0.488. The van der Waals surface area contributed by atoms with Gasteiger partial charge in [0.05, 0.1) is 18.4 Å². The molecule has 0 N–H and O–H groups in total. The van der Waals surface area contributed by atoms with Gasteiger partial charge in [0.1, 0.15) is 11.5 Å². The highest BCUT2D eigenvalue weighted by atomic mass is 35.5. The number of ether oxygens (including phenoxy) is 2. The van der Waals surface area contributed by atoms with Crippen LogP contribution in [0.15, 0.2) is 71.8 Å². The number of hydrogen-bond acceptors (Lipinski definition) is 5. The van der Waals surface area contributed by atoms with Crippen molar-refractivity contribution in [3.63, 3.8) is 0 Å². The van der Waals surface area contributed by atoms with Crippen LogP contribution in [0.25, 0.3) is 0 Å². The van der Waals surface area contributed by atoms with Crippen molar-refractivity contribution >= 4 is 23.0 Å². The Labute approximate surface area is 193 Å². The van der Waals surface area contributed by atoms with E-state index in [-0.39, 0.29) is 12.3 Å². The molecule has 5 rings (SSSR count). The minimum atomic E-state index is -0.301. The number of hydrogen-bond donors (Lipinski definition) is 0. The van der Waals surface area contributed by atoms with Crippen LogP contribution >= 0.6 is 11.6 Å². The van der Waals surface area contributed by atoms with E-state index in [9.17, 15) is 0 Å². The van der Waals surface area contributed by atoms with E-state index in [1.807, 2.05) is 51.4 Å². The van der Waals surface area contributed by atoms with E-state index in [4.69, 9.17) is 26.2 Å². The molecule has 6 heteroatoms. The summed E-state index contributed by atoms with van der Waals surface area (Å²) >= 11 is 6.34. The fourth-order valence-electron chi connectivity index (χ4n) is 4.30. The smallest absolute Gasteiger partial charge is 0.213 e. The molecule has 5 nitrogen and oxygen atoms in total. The summed E-state index contributed by atoms with van der Waals surface area (Å²) in [6, 6.07) is 22.5. The van der Waals surface area contributed by atoms with E-state index in [0.29, 0.717) is 11.6 Å². The number of halogens is 1. The lowest BCUT2D eigenvalue weighted by Crippen LogP contribution is -2.33. The monoisotopic (exact) mass is 447 g/mol. The standard InChI is InChI=1S/C26H26ClN3O2/c1-4-31-21-12-7-17(8-13-21)23-16-24-22-15-19(27)9-14-25(22)32-26(30(24)28-23)18-5-10-20(11-6-18)29(2)3/h5-15,24,26H,4,16H2,1-3H3/t24-,26+/m0/s1. The first-order valence-electron chi connectivity index (χ1n) is 10.9. The minimum absolute atomic E-state index is 0.0672. The lowest BCUT2D eigenvalue weighted by atomic mass is 9.96. The van der Waals surface area contributed by atoms with Crippen molar-refractivity contribution in [3.8, 4) is 11.5 Å². The van der Waals surface area contributed by atoms with Gasteiger partial charge in [0.15, 0.2) is 0 Å². The van der Waals surface area contributed by atoms with Gasteiger partial charge < -0.3 is 14.4 Å². The van der Waals surface area contributed by atoms with Gasteiger partial charge in [0.25, 0.3) is 0 Å². The molecule has 0 radical (unpaired) electrons. The number of rotatable bonds is 5. The third-order valence-electron chi connectivity index (χ3n) is 5.95. The van der Waals surface area contributed by atoms with Gasteiger partial charge in [0, 0.05) is 42.4 Å². The average Bonchev–Trinajstić information content (AvgIpc) is 3.25. The Bertz CT molecular complexity index is 1140. The molecule has 164 valence electrons. The molecule has 2 aliphatic rings. The average molecular weight is 448 g/mol. The Morgan fingerprint density at radius 3 is 2.50 bits per heavy atom. The van der Waals surface area contributed by atoms with Gasteiger partial charge in [-0.1, -0.05) is 23.7 Å². The van der Waals surface area contributed by atoms with E-state index >= 15 is 0 Å². The topological polar surface area (TPSA) is 37.3 Å². The molecule has 0 saturated carbocycles. The minimum Gasteiger partial charge on any atom is -0.494 e. The van der Waals surface area contributed by atoms with E-state index in [1.165, 1.54) is 0 Å². The van der Waals surface area contributed by atoms with Crippen LogP contribution < -0.4 is 14.4 Å². The van der Waals surface area contributed by atoms with Gasteiger partial charge in [-0.05, 0) is 67.1 Å². The summed E-state index contributed by atoms with van der Waals surface area (Å²) in [5, 5.41) is 7.81. The predicted molar refractivity (Wildman–Crippen MR) is 129 cm³/mol. The summed E-state index contributed by atoms with van der Waals surface area (Å²) < 4.78 is 12.0. The molecule has 32 heavy (non-hydrogen) atoms. The van der Waals surface area contributed by atoms with E-state index in [0.717, 1.165) is 46.0 Å². The highest BCUT2D eigenvalue weighted by molar-refractivity contribution is 6.30. The number of nitrogens with zero attached hydrogens (tertiary/aromatic N) is 3. The molecular formula is C26H26ClN3O2. The lowest BCUT2D eigenvalue weighted by Gasteiger charge is -2.38. The Kier molecular flexibility index (Phi) is 5.43. The van der Waals surface area contributed by atoms with Crippen molar-refractivity contribution in [2.24, 2.45) is 5.10 Å². The summed E-state index contributed by atoms with van der Waals surface area (Å²) in [7, 11) is 4.08. The van der Waals surface area contributed by atoms with Crippen LogP contribution in [0.2, 0.25) is 5.02 Å². The van der Waals surface area contributed by atoms with Crippen LogP contribution in [0.4, 0.5) is 5.69 Å². The van der Waals surface area contributed by atoms with Crippen LogP contribution in [-0.4, -0.2) is 31.4 Å². The first-order valence-corrected chi connectivity index (χ1v) is 11.2. The maximum atomic E-state index is 6.45. The van der Waals surface area contributed by atoms with E-state index in [2.05, 4.69) is 46.3 Å². The van der Waals surface area contributed by atoms with Crippen molar-refractivity contribution in [1.82, 2.24) is 5.01 Å². The van der Waals surface area contributed by atoms with E-state index in [1.54, 1.807) is 0 Å². The van der Waals surface area contributed by atoms with Crippen LogP contribution in [0.3, 0.4) is 0 Å². The highest BCUT2D eigenvalue weighted by Crippen LogP contribution is 2.48. The van der Waals surface area contributed by atoms with Crippen molar-refractivity contribution in [3.05, 3.63) is 88.4 Å². The van der Waals surface area contributed by atoms with Crippen molar-refractivity contribution < 1.29 is 9.47 Å². The molecule has 2 aliphatic heterocycles. The van der Waals surface area contributed by atoms with Gasteiger partial charge in [-0.3, -0.25) is 0 Å². The summed E-state index contributed by atoms with van der Waals surface area (Å²) in [4.78, 5) is 2.09. The number of fused-ring (bicyclic) bond motifs is 3. The number of benzene rings is 3. The van der Waals surface area contributed by atoms with Gasteiger partial charge >= 0.3 is 0 Å². The Hall–Kier alpha value is -3.18. The molecule has 0 fully saturated rings. The summed E-state index contributed by atoms with van der Waals surface area (Å²) in [5.41, 5.74) is 5.41. The SMILES string of the molecule is CCOc1ccc(C2=NN3[C@@H](c4ccc(N(C)C)cc4)Oc4ccc(Cl)cc4[C@@H]3C2)cc1. The fraction of sp³-hybridized carbons (Fsp3) is 0.269. The normalized spacial score (nSPS) is 19.0. The zero-order chi connectivity index (χ0) is 22.2. The maximum Gasteiger partial charge on any atom is 0.213 e. The quantitative estimate of drug-likeness (QED) is 0.477. The van der Waals surface area contributed by atoms with Crippen LogP contribution in [-0.2, 0) is 0 Å². The maximum absolute atomic E-state index is 6.45. The van der Waals surface area contributed by atoms with Crippen LogP contribution in [0, 0.1) is 0 Å². The van der Waals surface area contributed by atoms with Crippen molar-refractivity contribution in [1.29, 1.82) is 0 Å². The Balaban J connectivity index is 1.52. The van der Waals surface area contributed by atoms with Gasteiger partial charge in [-0.2, -0.15) is 5.10 Å². The van der Waals surface area contributed by atoms with E-state index < -0.39 is 0 Å².